The summed E-state index contributed by atoms with van der Waals surface area (Å²) in [6.07, 6.45) is 4.85. The fraction of sp³-hybridized carbons (Fsp3) is 0.533. The van der Waals surface area contributed by atoms with Gasteiger partial charge >= 0.3 is 0 Å². The van der Waals surface area contributed by atoms with E-state index in [2.05, 4.69) is 10.1 Å². The van der Waals surface area contributed by atoms with Crippen molar-refractivity contribution in [3.05, 3.63) is 30.2 Å². The molecule has 0 spiro atoms. The Morgan fingerprint density at radius 1 is 1.45 bits per heavy atom. The molecular weight excluding hydrogens is 284 g/mol. The second-order valence-electron chi connectivity index (χ2n) is 5.93. The number of rotatable bonds is 2. The molecule has 22 heavy (non-hydrogen) atoms. The number of hydrogen-bond donors (Lipinski definition) is 1. The van der Waals surface area contributed by atoms with Gasteiger partial charge in [0, 0.05) is 19.3 Å². The Morgan fingerprint density at radius 3 is 3.23 bits per heavy atom. The summed E-state index contributed by atoms with van der Waals surface area (Å²) in [5.74, 6) is 0.145. The highest BCUT2D eigenvalue weighted by Gasteiger charge is 2.43. The lowest BCUT2D eigenvalue weighted by molar-refractivity contribution is -0.0451. The molecule has 1 N–H and O–H groups in total. The van der Waals surface area contributed by atoms with E-state index in [-0.39, 0.29) is 30.6 Å². The number of carbonyl (C=O) groups is 1. The topological polar surface area (TPSA) is 80.0 Å². The van der Waals surface area contributed by atoms with Crippen LogP contribution in [0.4, 0.5) is 0 Å². The van der Waals surface area contributed by atoms with Crippen molar-refractivity contribution in [2.75, 3.05) is 19.8 Å². The van der Waals surface area contributed by atoms with Crippen LogP contribution >= 0.6 is 0 Å². The Balaban J connectivity index is 1.64. The first-order chi connectivity index (χ1) is 10.8. The summed E-state index contributed by atoms with van der Waals surface area (Å²) in [6.45, 7) is 1.25. The molecule has 116 valence electrons. The summed E-state index contributed by atoms with van der Waals surface area (Å²) in [5, 5.41) is 13.6. The Hall–Kier alpha value is -1.99. The molecule has 2 aromatic rings. The number of morpholine rings is 1. The van der Waals surface area contributed by atoms with E-state index in [1.54, 1.807) is 23.0 Å². The quantitative estimate of drug-likeness (QED) is 0.865. The molecule has 1 amide bonds. The van der Waals surface area contributed by atoms with Crippen LogP contribution in [0.1, 0.15) is 23.3 Å². The number of hydrogen-bond acceptors (Lipinski definition) is 5. The zero-order valence-electron chi connectivity index (χ0n) is 12.1. The lowest BCUT2D eigenvalue weighted by Gasteiger charge is -2.37. The molecule has 1 aliphatic heterocycles. The van der Waals surface area contributed by atoms with E-state index in [0.29, 0.717) is 24.5 Å². The molecule has 2 aromatic heterocycles. The molecule has 7 nitrogen and oxygen atoms in total. The molecule has 0 unspecified atom stereocenters. The maximum atomic E-state index is 12.9. The number of nitrogens with zero attached hydrogens (tertiary/aromatic N) is 4. The van der Waals surface area contributed by atoms with E-state index in [9.17, 15) is 9.90 Å². The predicted molar refractivity (Wildman–Crippen MR) is 77.4 cm³/mol. The van der Waals surface area contributed by atoms with E-state index in [1.807, 2.05) is 11.0 Å². The SMILES string of the molecule is O=C(c1cnc2cccnn12)N1CCO[C@H]2C[C@H](CO)C[C@@H]21. The Labute approximate surface area is 127 Å². The maximum absolute atomic E-state index is 12.9. The van der Waals surface area contributed by atoms with Crippen molar-refractivity contribution in [2.24, 2.45) is 5.92 Å². The number of aliphatic hydroxyl groups is 1. The van der Waals surface area contributed by atoms with Crippen molar-refractivity contribution in [1.29, 1.82) is 0 Å². The average molecular weight is 302 g/mol. The first-order valence-corrected chi connectivity index (χ1v) is 7.60. The van der Waals surface area contributed by atoms with Gasteiger partial charge in [0.15, 0.2) is 11.3 Å². The average Bonchev–Trinajstić information content (AvgIpc) is 3.17. The number of ether oxygens (including phenoxy) is 1. The van der Waals surface area contributed by atoms with Gasteiger partial charge in [-0.3, -0.25) is 4.79 Å². The molecule has 1 saturated carbocycles. The van der Waals surface area contributed by atoms with Crippen LogP contribution in [0, 0.1) is 5.92 Å². The molecule has 3 heterocycles. The van der Waals surface area contributed by atoms with Crippen molar-refractivity contribution >= 4 is 11.6 Å². The molecule has 1 aliphatic carbocycles. The number of carbonyl (C=O) groups excluding carboxylic acids is 1. The molecule has 2 fully saturated rings. The molecule has 1 saturated heterocycles. The van der Waals surface area contributed by atoms with Gasteiger partial charge in [0.05, 0.1) is 24.9 Å². The lowest BCUT2D eigenvalue weighted by atomic mass is 10.1. The molecule has 7 heteroatoms. The highest BCUT2D eigenvalue weighted by Crippen LogP contribution is 2.34. The van der Waals surface area contributed by atoms with Gasteiger partial charge in [-0.1, -0.05) is 0 Å². The van der Waals surface area contributed by atoms with Crippen LogP contribution in [0.2, 0.25) is 0 Å². The van der Waals surface area contributed by atoms with Gasteiger partial charge in [0.1, 0.15) is 0 Å². The number of imidazole rings is 1. The predicted octanol–water partition coefficient (Wildman–Crippen LogP) is 0.341. The summed E-state index contributed by atoms with van der Waals surface area (Å²) in [6, 6.07) is 3.65. The minimum Gasteiger partial charge on any atom is -0.396 e. The molecule has 0 radical (unpaired) electrons. The third kappa shape index (κ3) is 2.08. The van der Waals surface area contributed by atoms with E-state index >= 15 is 0 Å². The normalized spacial score (nSPS) is 28.0. The van der Waals surface area contributed by atoms with E-state index in [1.165, 1.54) is 0 Å². The molecule has 0 aromatic carbocycles. The van der Waals surface area contributed by atoms with Gasteiger partial charge in [-0.05, 0) is 30.9 Å². The van der Waals surface area contributed by atoms with E-state index in [4.69, 9.17) is 4.74 Å². The Kier molecular flexibility index (Phi) is 3.31. The number of aliphatic hydroxyl groups excluding tert-OH is 1. The fourth-order valence-electron chi connectivity index (χ4n) is 3.57. The highest BCUT2D eigenvalue weighted by molar-refractivity contribution is 5.93. The molecular formula is C15H18N4O3. The minimum atomic E-state index is -0.0666. The van der Waals surface area contributed by atoms with Crippen LogP contribution in [0.5, 0.6) is 0 Å². The van der Waals surface area contributed by atoms with Crippen LogP contribution in [-0.4, -0.2) is 62.4 Å². The standard InChI is InChI=1S/C15H18N4O3/c20-9-10-6-11-13(7-10)22-5-4-18(11)15(21)12-8-16-14-2-1-3-17-19(12)14/h1-3,8,10-11,13,20H,4-7,9H2/t10-,11+,13+/m1/s1. The van der Waals surface area contributed by atoms with E-state index < -0.39 is 0 Å². The maximum Gasteiger partial charge on any atom is 0.274 e. The van der Waals surface area contributed by atoms with Crippen LogP contribution in [0.25, 0.3) is 5.65 Å². The molecule has 3 atom stereocenters. The third-order valence-corrected chi connectivity index (χ3v) is 4.65. The van der Waals surface area contributed by atoms with Gasteiger partial charge in [-0.25, -0.2) is 9.50 Å². The number of aromatic nitrogens is 3. The molecule has 2 aliphatic rings. The fourth-order valence-corrected chi connectivity index (χ4v) is 3.57. The monoisotopic (exact) mass is 302 g/mol. The van der Waals surface area contributed by atoms with Gasteiger partial charge in [0.2, 0.25) is 0 Å². The van der Waals surface area contributed by atoms with Gasteiger partial charge in [-0.2, -0.15) is 5.10 Å². The Morgan fingerprint density at radius 2 is 2.36 bits per heavy atom. The Bertz CT molecular complexity index is 701. The first-order valence-electron chi connectivity index (χ1n) is 7.60. The van der Waals surface area contributed by atoms with Crippen LogP contribution < -0.4 is 0 Å². The second kappa shape index (κ2) is 5.33. The van der Waals surface area contributed by atoms with Crippen LogP contribution in [-0.2, 0) is 4.74 Å². The van der Waals surface area contributed by atoms with Crippen molar-refractivity contribution in [3.8, 4) is 0 Å². The van der Waals surface area contributed by atoms with Gasteiger partial charge < -0.3 is 14.7 Å². The zero-order chi connectivity index (χ0) is 15.1. The first kappa shape index (κ1) is 13.7. The number of amides is 1. The second-order valence-corrected chi connectivity index (χ2v) is 5.93. The summed E-state index contributed by atoms with van der Waals surface area (Å²) >= 11 is 0. The third-order valence-electron chi connectivity index (χ3n) is 4.65. The van der Waals surface area contributed by atoms with Crippen LogP contribution in [0.3, 0.4) is 0 Å². The lowest BCUT2D eigenvalue weighted by Crippen LogP contribution is -2.51. The largest absolute Gasteiger partial charge is 0.396 e. The van der Waals surface area contributed by atoms with Crippen molar-refractivity contribution in [1.82, 2.24) is 19.5 Å². The summed E-state index contributed by atoms with van der Waals surface area (Å²) in [4.78, 5) is 19.0. The van der Waals surface area contributed by atoms with Crippen LogP contribution in [0.15, 0.2) is 24.5 Å². The smallest absolute Gasteiger partial charge is 0.274 e. The van der Waals surface area contributed by atoms with Gasteiger partial charge in [-0.15, -0.1) is 0 Å². The zero-order valence-corrected chi connectivity index (χ0v) is 12.1. The van der Waals surface area contributed by atoms with Gasteiger partial charge in [0.25, 0.3) is 5.91 Å². The highest BCUT2D eigenvalue weighted by atomic mass is 16.5. The summed E-state index contributed by atoms with van der Waals surface area (Å²) in [7, 11) is 0. The van der Waals surface area contributed by atoms with Crippen molar-refractivity contribution < 1.29 is 14.6 Å². The number of fused-ring (bicyclic) bond motifs is 2. The summed E-state index contributed by atoms with van der Waals surface area (Å²) in [5.41, 5.74) is 1.14. The minimum absolute atomic E-state index is 0.0296. The van der Waals surface area contributed by atoms with E-state index in [0.717, 1.165) is 12.8 Å². The van der Waals surface area contributed by atoms with Crippen molar-refractivity contribution in [2.45, 2.75) is 25.0 Å². The molecule has 4 rings (SSSR count). The molecule has 0 bridgehead atoms. The van der Waals surface area contributed by atoms with Crippen molar-refractivity contribution in [3.63, 3.8) is 0 Å². The summed E-state index contributed by atoms with van der Waals surface area (Å²) < 4.78 is 7.35.